The maximum Gasteiger partial charge on any atom is 0.698 e. The van der Waals surface area contributed by atoms with Gasteiger partial charge in [-0.1, -0.05) is 6.92 Å². The lowest BCUT2D eigenvalue weighted by atomic mass is 10.0. The van der Waals surface area contributed by atoms with Gasteiger partial charge in [-0.3, -0.25) is 18.9 Å². The molecule has 3 unspecified atom stereocenters. The Morgan fingerprint density at radius 2 is 1.95 bits per heavy atom. The van der Waals surface area contributed by atoms with Gasteiger partial charge in [-0.15, -0.1) is 17.6 Å². The number of nitrogens with zero attached hydrogens (tertiary/aromatic N) is 7. The van der Waals surface area contributed by atoms with Gasteiger partial charge in [0, 0.05) is 16.1 Å². The maximum atomic E-state index is 15.9. The number of hydrogen-bond acceptors (Lipinski definition) is 13. The van der Waals surface area contributed by atoms with Crippen LogP contribution in [0.3, 0.4) is 0 Å². The van der Waals surface area contributed by atoms with Gasteiger partial charge < -0.3 is 21.3 Å². The number of rotatable bonds is 3. The second-order valence-corrected chi connectivity index (χ2v) is 12.3. The van der Waals surface area contributed by atoms with E-state index in [2.05, 4.69) is 29.9 Å². The fourth-order valence-electron chi connectivity index (χ4n) is 5.01. The molecule has 0 aromatic carbocycles. The van der Waals surface area contributed by atoms with Gasteiger partial charge >= 0.3 is 8.25 Å². The monoisotopic (exact) mass is 613 g/mol. The predicted molar refractivity (Wildman–Crippen MR) is 142 cm³/mol. The molecular formula is C21H25F2N10O6P2+. The Bertz CT molecular complexity index is 1670. The summed E-state index contributed by atoms with van der Waals surface area (Å²) in [6.07, 6.45) is -5.10. The van der Waals surface area contributed by atoms with Gasteiger partial charge in [0.2, 0.25) is 5.95 Å². The van der Waals surface area contributed by atoms with Crippen molar-refractivity contribution in [1.82, 2.24) is 39.0 Å². The van der Waals surface area contributed by atoms with Crippen LogP contribution < -0.4 is 17.0 Å². The van der Waals surface area contributed by atoms with E-state index in [0.717, 1.165) is 10.9 Å². The summed E-state index contributed by atoms with van der Waals surface area (Å²) in [4.78, 5) is 34.5. The zero-order valence-electron chi connectivity index (χ0n) is 21.2. The molecule has 0 amide bonds. The highest BCUT2D eigenvalue weighted by Crippen LogP contribution is 2.45. The first-order valence-electron chi connectivity index (χ1n) is 12.4. The normalized spacial score (nSPS) is 31.8. The Labute approximate surface area is 231 Å². The van der Waals surface area contributed by atoms with Crippen LogP contribution in [-0.4, -0.2) is 87.1 Å². The van der Waals surface area contributed by atoms with Crippen molar-refractivity contribution >= 4 is 50.9 Å². The third kappa shape index (κ3) is 4.94. The number of anilines is 2. The van der Waals surface area contributed by atoms with E-state index in [1.165, 1.54) is 17.2 Å². The molecule has 6 heterocycles. The quantitative estimate of drug-likeness (QED) is 0.236. The molecule has 2 aliphatic rings. The number of nitrogens with one attached hydrogen (secondary N) is 1. The molecule has 6 rings (SSSR count). The molecule has 41 heavy (non-hydrogen) atoms. The summed E-state index contributed by atoms with van der Waals surface area (Å²) in [7, 11) is -3.15. The second kappa shape index (κ2) is 10.9. The first kappa shape index (κ1) is 27.9. The van der Waals surface area contributed by atoms with Crippen molar-refractivity contribution in [3.8, 4) is 0 Å². The van der Waals surface area contributed by atoms with E-state index < -0.39 is 62.4 Å². The van der Waals surface area contributed by atoms with Gasteiger partial charge in [0.25, 0.3) is 5.56 Å². The molecule has 0 bridgehead atoms. The molecule has 16 nitrogen and oxygen atoms in total. The Kier molecular flexibility index (Phi) is 7.38. The summed E-state index contributed by atoms with van der Waals surface area (Å²) < 4.78 is 63.7. The minimum Gasteiger partial charge on any atom is -0.382 e. The molecule has 0 spiro atoms. The number of ether oxygens (including phenoxy) is 1. The molecule has 0 aliphatic carbocycles. The molecule has 2 aliphatic heterocycles. The van der Waals surface area contributed by atoms with E-state index in [1.807, 2.05) is 0 Å². The Morgan fingerprint density at radius 3 is 2.76 bits per heavy atom. The number of alkyl halides is 2. The summed E-state index contributed by atoms with van der Waals surface area (Å²) in [6.45, 7) is 1.24. The van der Waals surface area contributed by atoms with Crippen molar-refractivity contribution in [2.45, 2.75) is 49.6 Å². The smallest absolute Gasteiger partial charge is 0.382 e. The van der Waals surface area contributed by atoms with Crippen LogP contribution in [0.2, 0.25) is 0 Å². The first-order chi connectivity index (χ1) is 19.6. The maximum absolute atomic E-state index is 15.9. The van der Waals surface area contributed by atoms with Gasteiger partial charge in [0.15, 0.2) is 47.4 Å². The number of aromatic nitrogens is 8. The number of imidazole rings is 2. The third-order valence-electron chi connectivity index (χ3n) is 7.18. The van der Waals surface area contributed by atoms with E-state index in [9.17, 15) is 14.5 Å². The molecule has 4 aromatic heterocycles. The Balaban J connectivity index is 1.25. The second-order valence-electron chi connectivity index (χ2n) is 9.68. The van der Waals surface area contributed by atoms with Crippen LogP contribution in [0.25, 0.3) is 22.3 Å². The molecule has 6 N–H and O–H groups in total. The van der Waals surface area contributed by atoms with E-state index in [0.29, 0.717) is 5.52 Å². The molecule has 10 atom stereocenters. The van der Waals surface area contributed by atoms with Crippen molar-refractivity contribution in [3.63, 3.8) is 0 Å². The van der Waals surface area contributed by atoms with Gasteiger partial charge in [-0.05, 0) is 6.16 Å². The van der Waals surface area contributed by atoms with Crippen LogP contribution in [0.1, 0.15) is 19.4 Å². The predicted octanol–water partition coefficient (Wildman–Crippen LogP) is 0.944. The number of fused-ring (bicyclic) bond motifs is 3. The lowest BCUT2D eigenvalue weighted by molar-refractivity contribution is -0.0593. The lowest BCUT2D eigenvalue weighted by Crippen LogP contribution is -2.38. The summed E-state index contributed by atoms with van der Waals surface area (Å²) in [5, 5.41) is 11.1. The molecule has 2 fully saturated rings. The van der Waals surface area contributed by atoms with Crippen molar-refractivity contribution in [2.24, 2.45) is 5.92 Å². The standard InChI is InChI=1S/C21H24F2N10O6P2/c1-7-10(22)14(19(35)32-5-29-13-17(32)30-21(25)31-18(13)34)39-41(36)37-2-9-8(3-40-7)11(23)20(38-9)33-6-28-12-15(24)26-4-27-16(12)33/h4-11,14,19-20,35,40H,2-3H2,1H3,(H4-,24,25,26,27,30,31,34)/p+1/t7?,8-,9-,10-,11+,14-,19-,20-/m1/s1. The zero-order valence-corrected chi connectivity index (χ0v) is 23.1. The SMILES string of the molecule is CC1PC[C@H]2[C@H](F)[C@H](n3cnc4c(N)ncnc43)O[C@@H]2CO[P+](=O)O[C@@H]([C@@H](O)n2cnc3c(=O)[nH]c(N)nc32)[C@@H]1F. The van der Waals surface area contributed by atoms with Crippen LogP contribution in [0.5, 0.6) is 0 Å². The third-order valence-corrected chi connectivity index (χ3v) is 9.63. The number of nitrogens with two attached hydrogens (primary N) is 2. The van der Waals surface area contributed by atoms with Crippen LogP contribution in [0.4, 0.5) is 20.5 Å². The lowest BCUT2D eigenvalue weighted by Gasteiger charge is -2.26. The summed E-state index contributed by atoms with van der Waals surface area (Å²) in [6, 6.07) is 0. The highest BCUT2D eigenvalue weighted by atomic mass is 31.1. The minimum atomic E-state index is -3.01. The molecular weight excluding hydrogens is 588 g/mol. The molecule has 2 saturated heterocycles. The van der Waals surface area contributed by atoms with Crippen LogP contribution in [-0.2, 0) is 18.3 Å². The highest BCUT2D eigenvalue weighted by molar-refractivity contribution is 7.39. The van der Waals surface area contributed by atoms with Gasteiger partial charge in [-0.25, -0.2) is 28.7 Å². The largest absolute Gasteiger partial charge is 0.698 e. The summed E-state index contributed by atoms with van der Waals surface area (Å²) >= 11 is 0. The fraction of sp³-hybridized carbons (Fsp3) is 0.524. The number of nitrogen functional groups attached to an aromatic ring is 2. The molecule has 20 heteroatoms. The zero-order chi connectivity index (χ0) is 29.0. The number of aliphatic hydroxyl groups is 1. The molecule has 4 aromatic rings. The average molecular weight is 613 g/mol. The summed E-state index contributed by atoms with van der Waals surface area (Å²) in [5.74, 6) is -0.859. The van der Waals surface area contributed by atoms with Gasteiger partial charge in [0.1, 0.15) is 24.6 Å². The van der Waals surface area contributed by atoms with Crippen LogP contribution in [0.15, 0.2) is 23.8 Å². The van der Waals surface area contributed by atoms with Gasteiger partial charge in [-0.2, -0.15) is 4.98 Å². The Hall–Kier alpha value is -3.27. The van der Waals surface area contributed by atoms with E-state index in [4.69, 9.17) is 25.3 Å². The van der Waals surface area contributed by atoms with E-state index in [-0.39, 0.29) is 49.9 Å². The van der Waals surface area contributed by atoms with Crippen molar-refractivity contribution in [3.05, 3.63) is 29.3 Å². The number of halogens is 2. The number of aliphatic hydroxyl groups excluding tert-OH is 1. The van der Waals surface area contributed by atoms with Gasteiger partial charge in [0.05, 0.1) is 18.8 Å². The van der Waals surface area contributed by atoms with Crippen LogP contribution in [0, 0.1) is 5.92 Å². The van der Waals surface area contributed by atoms with Crippen LogP contribution >= 0.6 is 16.8 Å². The Morgan fingerprint density at radius 1 is 1.17 bits per heavy atom. The summed E-state index contributed by atoms with van der Waals surface area (Å²) in [5.41, 5.74) is 10.3. The molecule has 0 radical (unpaired) electrons. The topological polar surface area (TPSA) is 224 Å². The average Bonchev–Trinajstić information content (AvgIpc) is 3.64. The first-order valence-corrected chi connectivity index (χ1v) is 14.8. The van der Waals surface area contributed by atoms with Crippen molar-refractivity contribution in [2.75, 3.05) is 24.2 Å². The highest BCUT2D eigenvalue weighted by Gasteiger charge is 2.50. The van der Waals surface area contributed by atoms with Crippen molar-refractivity contribution in [1.29, 1.82) is 0 Å². The minimum absolute atomic E-state index is 0.122. The number of H-pyrrole nitrogens is 1. The molecule has 218 valence electrons. The fourth-order valence-corrected chi connectivity index (χ4v) is 7.31. The van der Waals surface area contributed by atoms with Crippen molar-refractivity contribution < 1.29 is 32.2 Å². The van der Waals surface area contributed by atoms with E-state index >= 15 is 8.78 Å². The number of hydrogen-bond donors (Lipinski definition) is 4. The number of aromatic amines is 1. The van der Waals surface area contributed by atoms with E-state index in [1.54, 1.807) is 6.92 Å². The molecule has 0 saturated carbocycles.